The van der Waals surface area contributed by atoms with Crippen LogP contribution in [0.15, 0.2) is 0 Å². The van der Waals surface area contributed by atoms with Gasteiger partial charge in [0.1, 0.15) is 0 Å². The topological polar surface area (TPSA) is 67.8 Å². The van der Waals surface area contributed by atoms with Gasteiger partial charge in [-0.05, 0) is 6.92 Å². The first kappa shape index (κ1) is 10.4. The highest BCUT2D eigenvalue weighted by atomic mass is 16.6. The molecule has 0 saturated carbocycles. The average Bonchev–Trinajstić information content (AvgIpc) is 2.19. The molecule has 0 spiro atoms. The summed E-state index contributed by atoms with van der Waals surface area (Å²) in [5, 5.41) is 11.3. The van der Waals surface area contributed by atoms with Crippen LogP contribution in [-0.2, 0) is 14.3 Å². The third-order valence-electron chi connectivity index (χ3n) is 1.77. The van der Waals surface area contributed by atoms with Gasteiger partial charge in [0.05, 0.1) is 26.4 Å². The first-order chi connectivity index (χ1) is 6.24. The Balaban J connectivity index is 2.29. The van der Waals surface area contributed by atoms with Crippen LogP contribution in [0.4, 0.5) is 0 Å². The molecule has 5 nitrogen and oxygen atoms in total. The summed E-state index contributed by atoms with van der Waals surface area (Å²) in [6.07, 6.45) is -0.525. The van der Waals surface area contributed by atoms with Gasteiger partial charge in [-0.3, -0.25) is 4.79 Å². The SMILES string of the molecule is C[C@@H](CO)NC(=O)C1COCCO1. The normalized spacial score (nSPS) is 25.2. The van der Waals surface area contributed by atoms with Crippen LogP contribution in [0.5, 0.6) is 0 Å². The van der Waals surface area contributed by atoms with E-state index < -0.39 is 6.10 Å². The van der Waals surface area contributed by atoms with Crippen molar-refractivity contribution in [3.05, 3.63) is 0 Å². The van der Waals surface area contributed by atoms with Crippen molar-refractivity contribution < 1.29 is 19.4 Å². The van der Waals surface area contributed by atoms with Crippen molar-refractivity contribution in [2.24, 2.45) is 0 Å². The molecule has 1 rings (SSSR count). The second-order valence-electron chi connectivity index (χ2n) is 3.03. The number of amides is 1. The Morgan fingerprint density at radius 1 is 1.69 bits per heavy atom. The summed E-state index contributed by atoms with van der Waals surface area (Å²) in [4.78, 5) is 11.3. The molecule has 1 aliphatic rings. The van der Waals surface area contributed by atoms with Gasteiger partial charge in [0.15, 0.2) is 6.10 Å². The van der Waals surface area contributed by atoms with Gasteiger partial charge in [0, 0.05) is 6.04 Å². The van der Waals surface area contributed by atoms with E-state index in [-0.39, 0.29) is 18.6 Å². The first-order valence-corrected chi connectivity index (χ1v) is 4.34. The zero-order valence-electron chi connectivity index (χ0n) is 7.66. The van der Waals surface area contributed by atoms with Crippen LogP contribution < -0.4 is 5.32 Å². The number of ether oxygens (including phenoxy) is 2. The molecule has 0 aromatic heterocycles. The van der Waals surface area contributed by atoms with Crippen LogP contribution in [-0.4, -0.2) is 49.6 Å². The molecule has 2 atom stereocenters. The number of carbonyl (C=O) groups is 1. The van der Waals surface area contributed by atoms with Crippen molar-refractivity contribution in [2.45, 2.75) is 19.1 Å². The number of aliphatic hydroxyl groups excluding tert-OH is 1. The minimum Gasteiger partial charge on any atom is -0.394 e. The summed E-state index contributed by atoms with van der Waals surface area (Å²) >= 11 is 0. The molecule has 0 aromatic rings. The summed E-state index contributed by atoms with van der Waals surface area (Å²) in [5.74, 6) is -0.221. The molecule has 1 unspecified atom stereocenters. The molecule has 2 N–H and O–H groups in total. The Bertz CT molecular complexity index is 168. The molecule has 0 aliphatic carbocycles. The van der Waals surface area contributed by atoms with Crippen LogP contribution in [0.1, 0.15) is 6.92 Å². The molecule has 1 fully saturated rings. The maximum absolute atomic E-state index is 11.3. The van der Waals surface area contributed by atoms with Gasteiger partial charge in [0.25, 0.3) is 5.91 Å². The van der Waals surface area contributed by atoms with Gasteiger partial charge >= 0.3 is 0 Å². The highest BCUT2D eigenvalue weighted by Gasteiger charge is 2.23. The van der Waals surface area contributed by atoms with Crippen molar-refractivity contribution >= 4 is 5.91 Å². The zero-order chi connectivity index (χ0) is 9.68. The molecule has 13 heavy (non-hydrogen) atoms. The van der Waals surface area contributed by atoms with E-state index in [1.54, 1.807) is 6.92 Å². The van der Waals surface area contributed by atoms with E-state index in [2.05, 4.69) is 5.32 Å². The highest BCUT2D eigenvalue weighted by molar-refractivity contribution is 5.81. The molecule has 1 heterocycles. The van der Waals surface area contributed by atoms with Crippen molar-refractivity contribution in [3.63, 3.8) is 0 Å². The number of hydrogen-bond donors (Lipinski definition) is 2. The van der Waals surface area contributed by atoms with Crippen molar-refractivity contribution in [1.82, 2.24) is 5.32 Å². The third kappa shape index (κ3) is 3.30. The summed E-state index contributed by atoms with van der Waals surface area (Å²) < 4.78 is 10.2. The lowest BCUT2D eigenvalue weighted by molar-refractivity contribution is -0.148. The Morgan fingerprint density at radius 3 is 3.00 bits per heavy atom. The average molecular weight is 189 g/mol. The van der Waals surface area contributed by atoms with Crippen molar-refractivity contribution in [3.8, 4) is 0 Å². The fraction of sp³-hybridized carbons (Fsp3) is 0.875. The molecule has 0 bridgehead atoms. The first-order valence-electron chi connectivity index (χ1n) is 4.34. The van der Waals surface area contributed by atoms with Crippen LogP contribution in [0.3, 0.4) is 0 Å². The van der Waals surface area contributed by atoms with Crippen LogP contribution in [0.25, 0.3) is 0 Å². The monoisotopic (exact) mass is 189 g/mol. The number of rotatable bonds is 3. The Hall–Kier alpha value is -0.650. The van der Waals surface area contributed by atoms with E-state index in [0.29, 0.717) is 19.8 Å². The molecule has 1 aliphatic heterocycles. The lowest BCUT2D eigenvalue weighted by Crippen LogP contribution is -2.46. The van der Waals surface area contributed by atoms with Crippen molar-refractivity contribution in [1.29, 1.82) is 0 Å². The maximum atomic E-state index is 11.3. The van der Waals surface area contributed by atoms with Gasteiger partial charge in [0.2, 0.25) is 0 Å². The minimum absolute atomic E-state index is 0.0701. The Labute approximate surface area is 77.0 Å². The summed E-state index contributed by atoms with van der Waals surface area (Å²) in [7, 11) is 0. The predicted molar refractivity (Wildman–Crippen MR) is 45.2 cm³/mol. The zero-order valence-corrected chi connectivity index (χ0v) is 7.66. The second-order valence-corrected chi connectivity index (χ2v) is 3.03. The number of carbonyl (C=O) groups excluding carboxylic acids is 1. The molecule has 5 heteroatoms. The summed E-state index contributed by atoms with van der Waals surface area (Å²) in [6.45, 7) is 2.94. The fourth-order valence-corrected chi connectivity index (χ4v) is 1.02. The van der Waals surface area contributed by atoms with Gasteiger partial charge in [-0.15, -0.1) is 0 Å². The van der Waals surface area contributed by atoms with E-state index in [9.17, 15) is 4.79 Å². The molecular formula is C8H15NO4. The van der Waals surface area contributed by atoms with Crippen molar-refractivity contribution in [2.75, 3.05) is 26.4 Å². The van der Waals surface area contributed by atoms with E-state index in [1.807, 2.05) is 0 Å². The fourth-order valence-electron chi connectivity index (χ4n) is 1.02. The smallest absolute Gasteiger partial charge is 0.251 e. The molecular weight excluding hydrogens is 174 g/mol. The maximum Gasteiger partial charge on any atom is 0.251 e. The van der Waals surface area contributed by atoms with E-state index in [1.165, 1.54) is 0 Å². The molecule has 1 amide bonds. The molecule has 1 saturated heterocycles. The van der Waals surface area contributed by atoms with E-state index >= 15 is 0 Å². The van der Waals surface area contributed by atoms with Gasteiger partial charge in [-0.2, -0.15) is 0 Å². The second kappa shape index (κ2) is 5.16. The standard InChI is InChI=1S/C8H15NO4/c1-6(4-10)9-8(11)7-5-12-2-3-13-7/h6-7,10H,2-5H2,1H3,(H,9,11)/t6-,7?/m0/s1. The predicted octanol–water partition coefficient (Wildman–Crippen LogP) is -1.10. The minimum atomic E-state index is -0.525. The Kier molecular flexibility index (Phi) is 4.14. The molecule has 0 radical (unpaired) electrons. The number of aliphatic hydroxyl groups is 1. The van der Waals surface area contributed by atoms with Gasteiger partial charge in [-0.1, -0.05) is 0 Å². The van der Waals surface area contributed by atoms with Crippen LogP contribution in [0, 0.1) is 0 Å². The van der Waals surface area contributed by atoms with Crippen LogP contribution >= 0.6 is 0 Å². The van der Waals surface area contributed by atoms with Gasteiger partial charge in [-0.25, -0.2) is 0 Å². The number of hydrogen-bond acceptors (Lipinski definition) is 4. The van der Waals surface area contributed by atoms with E-state index in [0.717, 1.165) is 0 Å². The van der Waals surface area contributed by atoms with Crippen LogP contribution in [0.2, 0.25) is 0 Å². The summed E-state index contributed by atoms with van der Waals surface area (Å²) in [6, 6.07) is -0.238. The highest BCUT2D eigenvalue weighted by Crippen LogP contribution is 2.00. The summed E-state index contributed by atoms with van der Waals surface area (Å²) in [5.41, 5.74) is 0. The lowest BCUT2D eigenvalue weighted by Gasteiger charge is -2.23. The Morgan fingerprint density at radius 2 is 2.46 bits per heavy atom. The van der Waals surface area contributed by atoms with Gasteiger partial charge < -0.3 is 19.9 Å². The molecule has 0 aromatic carbocycles. The largest absolute Gasteiger partial charge is 0.394 e. The lowest BCUT2D eigenvalue weighted by atomic mass is 10.3. The molecule has 76 valence electrons. The van der Waals surface area contributed by atoms with E-state index in [4.69, 9.17) is 14.6 Å². The number of nitrogens with one attached hydrogen (secondary N) is 1. The quantitative estimate of drug-likeness (QED) is 0.591. The third-order valence-corrected chi connectivity index (χ3v) is 1.77.